The van der Waals surface area contributed by atoms with Crippen LogP contribution in [0.5, 0.6) is 0 Å². The number of benzene rings is 2. The van der Waals surface area contributed by atoms with Crippen LogP contribution in [0.3, 0.4) is 0 Å². The largest absolute Gasteiger partial charge is 0.388 e. The highest BCUT2D eigenvalue weighted by molar-refractivity contribution is 5.43. The predicted molar refractivity (Wildman–Crippen MR) is 92.4 cm³/mol. The van der Waals surface area contributed by atoms with Crippen molar-refractivity contribution >= 4 is 5.69 Å². The van der Waals surface area contributed by atoms with Crippen LogP contribution in [0.1, 0.15) is 23.0 Å². The molecule has 134 valence electrons. The summed E-state index contributed by atoms with van der Waals surface area (Å²) in [6, 6.07) is 11.0. The first kappa shape index (κ1) is 16.6. The fourth-order valence-corrected chi connectivity index (χ4v) is 3.32. The molecule has 1 N–H and O–H groups in total. The molecule has 0 bridgehead atoms. The van der Waals surface area contributed by atoms with Crippen LogP contribution >= 0.6 is 0 Å². The Kier molecular flexibility index (Phi) is 4.34. The summed E-state index contributed by atoms with van der Waals surface area (Å²) in [6.45, 7) is 1.81. The Balaban J connectivity index is 1.71. The molecule has 1 atom stereocenters. The summed E-state index contributed by atoms with van der Waals surface area (Å²) in [6.07, 6.45) is 0. The number of anilines is 1. The summed E-state index contributed by atoms with van der Waals surface area (Å²) < 4.78 is 29.9. The molecule has 2 heterocycles. The van der Waals surface area contributed by atoms with E-state index in [-0.39, 0.29) is 5.56 Å². The summed E-state index contributed by atoms with van der Waals surface area (Å²) in [7, 11) is 1.86. The molecule has 2 aromatic carbocycles. The van der Waals surface area contributed by atoms with Gasteiger partial charge in [0.25, 0.3) is 0 Å². The van der Waals surface area contributed by atoms with Gasteiger partial charge in [0.2, 0.25) is 0 Å². The molecule has 6 nitrogen and oxygen atoms in total. The second kappa shape index (κ2) is 6.80. The first-order valence-corrected chi connectivity index (χ1v) is 8.37. The molecule has 0 saturated heterocycles. The molecule has 0 radical (unpaired) electrons. The third-order valence-corrected chi connectivity index (χ3v) is 4.65. The van der Waals surface area contributed by atoms with Gasteiger partial charge in [0, 0.05) is 31.4 Å². The number of tetrazole rings is 1. The van der Waals surface area contributed by atoms with Gasteiger partial charge in [-0.3, -0.25) is 4.90 Å². The second-order valence-corrected chi connectivity index (χ2v) is 6.25. The minimum Gasteiger partial charge on any atom is -0.388 e. The number of halogens is 2. The van der Waals surface area contributed by atoms with E-state index in [0.717, 1.165) is 23.4 Å². The van der Waals surface area contributed by atoms with Gasteiger partial charge in [0.15, 0.2) is 5.82 Å². The number of nitrogens with zero attached hydrogens (tertiary/aromatic N) is 5. The lowest BCUT2D eigenvalue weighted by atomic mass is 10.0. The lowest BCUT2D eigenvalue weighted by Crippen LogP contribution is -2.39. The van der Waals surface area contributed by atoms with E-state index in [9.17, 15) is 8.78 Å². The zero-order valence-corrected chi connectivity index (χ0v) is 14.2. The van der Waals surface area contributed by atoms with Gasteiger partial charge in [-0.25, -0.2) is 13.5 Å². The number of hydrogen-bond donors (Lipinski definition) is 1. The summed E-state index contributed by atoms with van der Waals surface area (Å²) in [4.78, 5) is 2.07. The number of aromatic nitrogens is 4. The van der Waals surface area contributed by atoms with Crippen LogP contribution in [-0.2, 0) is 13.1 Å². The van der Waals surface area contributed by atoms with Crippen LogP contribution in [0.4, 0.5) is 14.5 Å². The van der Waals surface area contributed by atoms with Gasteiger partial charge in [-0.15, -0.1) is 5.10 Å². The molecule has 3 aromatic rings. The molecule has 0 amide bonds. The standard InChI is InChI=1S/C18H18F2N6/c1-21-14-5-2-12(3-6-14)11-25-8-9-26-18(22-23-24-26)17(25)15-10-13(19)4-7-16(15)20/h2-7,10,17,21H,8-9,11H2,1H3. The van der Waals surface area contributed by atoms with Crippen molar-refractivity contribution in [3.05, 3.63) is 71.1 Å². The van der Waals surface area contributed by atoms with Crippen molar-refractivity contribution < 1.29 is 8.78 Å². The van der Waals surface area contributed by atoms with Gasteiger partial charge in [-0.2, -0.15) is 0 Å². The molecule has 0 saturated carbocycles. The van der Waals surface area contributed by atoms with Gasteiger partial charge >= 0.3 is 0 Å². The lowest BCUT2D eigenvalue weighted by Gasteiger charge is -2.35. The molecule has 1 unspecified atom stereocenters. The van der Waals surface area contributed by atoms with Gasteiger partial charge in [-0.05, 0) is 46.3 Å². The maximum atomic E-state index is 14.5. The van der Waals surface area contributed by atoms with E-state index in [1.165, 1.54) is 6.07 Å². The van der Waals surface area contributed by atoms with E-state index in [2.05, 4.69) is 25.7 Å². The van der Waals surface area contributed by atoms with Crippen LogP contribution in [0.15, 0.2) is 42.5 Å². The van der Waals surface area contributed by atoms with Crippen LogP contribution < -0.4 is 5.32 Å². The van der Waals surface area contributed by atoms with Crippen molar-refractivity contribution in [2.24, 2.45) is 0 Å². The zero-order valence-electron chi connectivity index (χ0n) is 14.2. The van der Waals surface area contributed by atoms with Crippen LogP contribution in [0.2, 0.25) is 0 Å². The Bertz CT molecular complexity index is 908. The fourth-order valence-electron chi connectivity index (χ4n) is 3.32. The normalized spacial score (nSPS) is 17.1. The van der Waals surface area contributed by atoms with E-state index >= 15 is 0 Å². The Morgan fingerprint density at radius 1 is 1.12 bits per heavy atom. The maximum absolute atomic E-state index is 14.5. The maximum Gasteiger partial charge on any atom is 0.173 e. The summed E-state index contributed by atoms with van der Waals surface area (Å²) in [5.74, 6) is -0.430. The van der Waals surface area contributed by atoms with E-state index in [4.69, 9.17) is 0 Å². The Labute approximate surface area is 149 Å². The van der Waals surface area contributed by atoms with Crippen molar-refractivity contribution in [2.75, 3.05) is 18.9 Å². The molecular formula is C18H18F2N6. The van der Waals surface area contributed by atoms with E-state index < -0.39 is 17.7 Å². The van der Waals surface area contributed by atoms with Crippen molar-refractivity contribution in [3.8, 4) is 0 Å². The molecule has 0 fully saturated rings. The molecule has 0 aliphatic carbocycles. The highest BCUT2D eigenvalue weighted by Crippen LogP contribution is 2.33. The third-order valence-electron chi connectivity index (χ3n) is 4.65. The predicted octanol–water partition coefficient (Wildman–Crippen LogP) is 2.60. The van der Waals surface area contributed by atoms with Crippen LogP contribution in [0.25, 0.3) is 0 Å². The second-order valence-electron chi connectivity index (χ2n) is 6.25. The molecule has 1 aromatic heterocycles. The number of nitrogens with one attached hydrogen (secondary N) is 1. The Hall–Kier alpha value is -2.87. The van der Waals surface area contributed by atoms with Crippen molar-refractivity contribution in [2.45, 2.75) is 19.1 Å². The molecule has 4 rings (SSSR count). The Morgan fingerprint density at radius 3 is 2.69 bits per heavy atom. The van der Waals surface area contributed by atoms with Crippen LogP contribution in [0, 0.1) is 11.6 Å². The topological polar surface area (TPSA) is 58.9 Å². The smallest absolute Gasteiger partial charge is 0.173 e. The highest BCUT2D eigenvalue weighted by atomic mass is 19.1. The summed E-state index contributed by atoms with van der Waals surface area (Å²) in [5.41, 5.74) is 2.34. The number of rotatable bonds is 4. The van der Waals surface area contributed by atoms with Crippen molar-refractivity contribution in [3.63, 3.8) is 0 Å². The van der Waals surface area contributed by atoms with Gasteiger partial charge in [-0.1, -0.05) is 12.1 Å². The molecule has 1 aliphatic heterocycles. The van der Waals surface area contributed by atoms with Crippen molar-refractivity contribution in [1.29, 1.82) is 0 Å². The average molecular weight is 356 g/mol. The third kappa shape index (κ3) is 3.03. The SMILES string of the molecule is CNc1ccc(CN2CCn3nnnc3C2c2cc(F)ccc2F)cc1. The molecule has 1 aliphatic rings. The number of hydrogen-bond acceptors (Lipinski definition) is 5. The average Bonchev–Trinajstić information content (AvgIpc) is 3.13. The van der Waals surface area contributed by atoms with Gasteiger partial charge in [0.05, 0.1) is 6.54 Å². The molecule has 0 spiro atoms. The minimum atomic E-state index is -0.543. The van der Waals surface area contributed by atoms with E-state index in [1.807, 2.05) is 31.3 Å². The molecular weight excluding hydrogens is 338 g/mol. The number of fused-ring (bicyclic) bond motifs is 1. The van der Waals surface area contributed by atoms with E-state index in [1.54, 1.807) is 4.68 Å². The first-order chi connectivity index (χ1) is 12.7. The van der Waals surface area contributed by atoms with E-state index in [0.29, 0.717) is 25.5 Å². The summed E-state index contributed by atoms with van der Waals surface area (Å²) >= 11 is 0. The summed E-state index contributed by atoms with van der Waals surface area (Å²) in [5, 5.41) is 14.8. The van der Waals surface area contributed by atoms with Crippen LogP contribution in [-0.4, -0.2) is 38.7 Å². The van der Waals surface area contributed by atoms with Gasteiger partial charge < -0.3 is 5.32 Å². The first-order valence-electron chi connectivity index (χ1n) is 8.37. The van der Waals surface area contributed by atoms with Crippen molar-refractivity contribution in [1.82, 2.24) is 25.1 Å². The molecule has 26 heavy (non-hydrogen) atoms. The lowest BCUT2D eigenvalue weighted by molar-refractivity contribution is 0.161. The minimum absolute atomic E-state index is 0.243. The quantitative estimate of drug-likeness (QED) is 0.779. The molecule has 8 heteroatoms. The Morgan fingerprint density at radius 2 is 1.92 bits per heavy atom. The zero-order chi connectivity index (χ0) is 18.1. The fraction of sp³-hybridized carbons (Fsp3) is 0.278. The monoisotopic (exact) mass is 356 g/mol. The van der Waals surface area contributed by atoms with Gasteiger partial charge in [0.1, 0.15) is 17.7 Å². The highest BCUT2D eigenvalue weighted by Gasteiger charge is 2.33.